The molecule has 1 aromatic carbocycles. The van der Waals surface area contributed by atoms with Gasteiger partial charge >= 0.3 is 0 Å². The molecule has 0 bridgehead atoms. The lowest BCUT2D eigenvalue weighted by molar-refractivity contribution is -0.332. The van der Waals surface area contributed by atoms with Crippen molar-refractivity contribution in [3.8, 4) is 0 Å². The molecule has 3 rings (SSSR count). The Morgan fingerprint density at radius 3 is 2.68 bits per heavy atom. The molecule has 1 aliphatic rings. The first-order chi connectivity index (χ1) is 11.5. The van der Waals surface area contributed by atoms with Crippen LogP contribution in [0.4, 0.5) is 0 Å². The van der Waals surface area contributed by atoms with Crippen molar-refractivity contribution < 1.29 is 9.47 Å². The number of ether oxygens (including phenoxy) is 2. The Labute approximate surface area is 160 Å². The summed E-state index contributed by atoms with van der Waals surface area (Å²) < 4.78 is 14.7. The van der Waals surface area contributed by atoms with E-state index in [0.29, 0.717) is 6.54 Å². The monoisotopic (exact) mass is 384 g/mol. The third-order valence-corrected chi connectivity index (χ3v) is 5.12. The molecule has 0 aliphatic carbocycles. The Bertz CT molecular complexity index is 648. The maximum atomic E-state index is 6.53. The number of rotatable bonds is 6. The largest absolute Gasteiger partial charge is 0.348 e. The lowest BCUT2D eigenvalue weighted by Crippen LogP contribution is -2.52. The average Bonchev–Trinajstić information content (AvgIpc) is 3.07. The minimum atomic E-state index is -0.622. The molecule has 138 valence electrons. The van der Waals surface area contributed by atoms with Crippen LogP contribution in [0.2, 0.25) is 5.02 Å². The third-order valence-electron chi connectivity index (χ3n) is 4.87. The van der Waals surface area contributed by atoms with Crippen LogP contribution < -0.4 is 0 Å². The molecule has 2 aromatic rings. The zero-order valence-corrected chi connectivity index (χ0v) is 16.4. The van der Waals surface area contributed by atoms with Gasteiger partial charge in [-0.25, -0.2) is 4.98 Å². The van der Waals surface area contributed by atoms with Gasteiger partial charge < -0.3 is 14.0 Å². The van der Waals surface area contributed by atoms with Gasteiger partial charge in [-0.15, -0.1) is 12.4 Å². The highest BCUT2D eigenvalue weighted by atomic mass is 35.5. The van der Waals surface area contributed by atoms with Crippen LogP contribution in [0.5, 0.6) is 0 Å². The fourth-order valence-corrected chi connectivity index (χ4v) is 3.28. The molecule has 2 atom stereocenters. The summed E-state index contributed by atoms with van der Waals surface area (Å²) in [7, 11) is 0. The lowest BCUT2D eigenvalue weighted by Gasteiger charge is -2.46. The van der Waals surface area contributed by atoms with Gasteiger partial charge in [0.1, 0.15) is 0 Å². The molecule has 2 unspecified atom stereocenters. The molecule has 1 fully saturated rings. The first-order valence-corrected chi connectivity index (χ1v) is 8.95. The molecule has 25 heavy (non-hydrogen) atoms. The minimum absolute atomic E-state index is 0. The Kier molecular flexibility index (Phi) is 6.92. The van der Waals surface area contributed by atoms with E-state index >= 15 is 0 Å². The maximum absolute atomic E-state index is 6.53. The van der Waals surface area contributed by atoms with Crippen LogP contribution in [-0.4, -0.2) is 27.5 Å². The van der Waals surface area contributed by atoms with Gasteiger partial charge in [0.2, 0.25) is 0 Å². The Hall–Kier alpha value is -1.07. The molecular formula is C19H26Cl2N2O2. The molecule has 1 saturated heterocycles. The van der Waals surface area contributed by atoms with Gasteiger partial charge in [-0.05, 0) is 43.9 Å². The smallest absolute Gasteiger partial charge is 0.187 e. The van der Waals surface area contributed by atoms with E-state index in [1.54, 1.807) is 6.20 Å². The fourth-order valence-electron chi connectivity index (χ4n) is 3.16. The van der Waals surface area contributed by atoms with Crippen molar-refractivity contribution in [3.63, 3.8) is 0 Å². The molecule has 1 aliphatic heterocycles. The van der Waals surface area contributed by atoms with Crippen molar-refractivity contribution >= 4 is 24.0 Å². The Balaban J connectivity index is 0.00000225. The van der Waals surface area contributed by atoms with Crippen LogP contribution in [-0.2, 0) is 22.4 Å². The van der Waals surface area contributed by atoms with E-state index < -0.39 is 5.79 Å². The molecule has 0 N–H and O–H groups in total. The van der Waals surface area contributed by atoms with E-state index in [-0.39, 0.29) is 18.0 Å². The summed E-state index contributed by atoms with van der Waals surface area (Å²) in [5.41, 5.74) is 1.10. The number of aromatic nitrogens is 2. The number of imidazole rings is 1. The summed E-state index contributed by atoms with van der Waals surface area (Å²) >= 11 is 5.98. The predicted octanol–water partition coefficient (Wildman–Crippen LogP) is 4.89. The predicted molar refractivity (Wildman–Crippen MR) is 102 cm³/mol. The van der Waals surface area contributed by atoms with Crippen LogP contribution in [0.1, 0.15) is 38.7 Å². The molecule has 1 aromatic heterocycles. The summed E-state index contributed by atoms with van der Waals surface area (Å²) in [6.45, 7) is 5.72. The number of halogens is 2. The molecule has 0 saturated carbocycles. The zero-order valence-electron chi connectivity index (χ0n) is 14.8. The second-order valence-electron chi connectivity index (χ2n) is 6.78. The van der Waals surface area contributed by atoms with E-state index in [4.69, 9.17) is 21.1 Å². The zero-order chi connectivity index (χ0) is 17.0. The summed E-state index contributed by atoms with van der Waals surface area (Å²) in [6.07, 6.45) is 9.13. The number of benzene rings is 1. The summed E-state index contributed by atoms with van der Waals surface area (Å²) in [5.74, 6) is -0.622. The number of nitrogens with zero attached hydrogens (tertiary/aromatic N) is 2. The molecule has 2 heterocycles. The van der Waals surface area contributed by atoms with Gasteiger partial charge in [-0.1, -0.05) is 30.7 Å². The second kappa shape index (κ2) is 8.54. The SMILES string of the molecule is CCC1(C)CCOC(CCc2ccc(Cl)cc2)(Cn2ccnc2)O1.Cl. The number of hydrogen-bond donors (Lipinski definition) is 0. The van der Waals surface area contributed by atoms with Crippen molar-refractivity contribution in [3.05, 3.63) is 53.6 Å². The standard InChI is InChI=1S/C19H25ClN2O2.ClH/c1-3-18(2)10-13-23-19(24-18,14-22-12-11-21-15-22)9-8-16-4-6-17(20)7-5-16;/h4-7,11-12,15H,3,8-10,13-14H2,1-2H3;1H. The van der Waals surface area contributed by atoms with E-state index in [9.17, 15) is 0 Å². The molecule has 0 amide bonds. The second-order valence-corrected chi connectivity index (χ2v) is 7.21. The van der Waals surface area contributed by atoms with E-state index in [1.165, 1.54) is 5.56 Å². The van der Waals surface area contributed by atoms with E-state index in [1.807, 2.05) is 29.2 Å². The summed E-state index contributed by atoms with van der Waals surface area (Å²) in [4.78, 5) is 4.14. The van der Waals surface area contributed by atoms with Crippen LogP contribution in [0, 0.1) is 0 Å². The summed E-state index contributed by atoms with van der Waals surface area (Å²) in [6, 6.07) is 7.99. The van der Waals surface area contributed by atoms with Crippen molar-refractivity contribution in [2.45, 2.75) is 57.5 Å². The first-order valence-electron chi connectivity index (χ1n) is 8.57. The lowest BCUT2D eigenvalue weighted by atomic mass is 9.95. The van der Waals surface area contributed by atoms with Gasteiger partial charge in [-0.3, -0.25) is 0 Å². The Morgan fingerprint density at radius 2 is 2.04 bits per heavy atom. The molecule has 4 nitrogen and oxygen atoms in total. The molecular weight excluding hydrogens is 359 g/mol. The minimum Gasteiger partial charge on any atom is -0.348 e. The van der Waals surface area contributed by atoms with Crippen molar-refractivity contribution in [1.82, 2.24) is 9.55 Å². The Morgan fingerprint density at radius 1 is 1.28 bits per heavy atom. The van der Waals surface area contributed by atoms with Crippen molar-refractivity contribution in [2.24, 2.45) is 0 Å². The summed E-state index contributed by atoms with van der Waals surface area (Å²) in [5, 5.41) is 0.760. The molecule has 0 spiro atoms. The maximum Gasteiger partial charge on any atom is 0.187 e. The highest BCUT2D eigenvalue weighted by Gasteiger charge is 2.43. The van der Waals surface area contributed by atoms with Gasteiger partial charge in [-0.2, -0.15) is 0 Å². The van der Waals surface area contributed by atoms with Crippen molar-refractivity contribution in [2.75, 3.05) is 6.61 Å². The van der Waals surface area contributed by atoms with E-state index in [0.717, 1.165) is 37.3 Å². The molecule has 0 radical (unpaired) electrons. The topological polar surface area (TPSA) is 36.3 Å². The van der Waals surface area contributed by atoms with Crippen LogP contribution in [0.15, 0.2) is 43.0 Å². The van der Waals surface area contributed by atoms with Gasteiger partial charge in [0, 0.05) is 23.8 Å². The number of aryl methyl sites for hydroxylation is 1. The average molecular weight is 385 g/mol. The normalized spacial score (nSPS) is 26.2. The van der Waals surface area contributed by atoms with Crippen LogP contribution in [0.3, 0.4) is 0 Å². The molecule has 6 heteroatoms. The van der Waals surface area contributed by atoms with Crippen LogP contribution in [0.25, 0.3) is 0 Å². The van der Waals surface area contributed by atoms with Gasteiger partial charge in [0.15, 0.2) is 5.79 Å². The highest BCUT2D eigenvalue weighted by Crippen LogP contribution is 2.37. The van der Waals surface area contributed by atoms with E-state index in [2.05, 4.69) is 31.0 Å². The van der Waals surface area contributed by atoms with Gasteiger partial charge in [0.25, 0.3) is 0 Å². The quantitative estimate of drug-likeness (QED) is 0.710. The third kappa shape index (κ3) is 5.20. The highest BCUT2D eigenvalue weighted by molar-refractivity contribution is 6.30. The fraction of sp³-hybridized carbons (Fsp3) is 0.526. The van der Waals surface area contributed by atoms with Gasteiger partial charge in [0.05, 0.1) is 25.1 Å². The van der Waals surface area contributed by atoms with Crippen molar-refractivity contribution in [1.29, 1.82) is 0 Å². The number of hydrogen-bond acceptors (Lipinski definition) is 3. The first kappa shape index (κ1) is 20.2. The van der Waals surface area contributed by atoms with Crippen LogP contribution >= 0.6 is 24.0 Å².